The molecule has 0 aromatic heterocycles. The van der Waals surface area contributed by atoms with E-state index < -0.39 is 173 Å². The van der Waals surface area contributed by atoms with E-state index in [4.69, 9.17) is 56.8 Å². The number of carbonyl (C=O) groups is 8. The lowest BCUT2D eigenvalue weighted by atomic mass is 9.35. The molecule has 6 aliphatic rings. The van der Waals surface area contributed by atoms with Crippen LogP contribution in [0.15, 0.2) is 11.6 Å². The van der Waals surface area contributed by atoms with Crippen LogP contribution in [0.2, 0.25) is 0 Å². The van der Waals surface area contributed by atoms with Crippen molar-refractivity contribution in [2.24, 2.45) is 39.4 Å². The summed E-state index contributed by atoms with van der Waals surface area (Å²) >= 11 is 0. The van der Waals surface area contributed by atoms with Crippen molar-refractivity contribution in [3.05, 3.63) is 11.6 Å². The summed E-state index contributed by atoms with van der Waals surface area (Å²) in [6.45, 7) is 25.0. The van der Waals surface area contributed by atoms with Crippen molar-refractivity contribution in [2.45, 2.75) is 253 Å². The van der Waals surface area contributed by atoms with Gasteiger partial charge in [-0.3, -0.25) is 38.4 Å². The van der Waals surface area contributed by atoms with Gasteiger partial charge in [0.1, 0.15) is 25.4 Å². The molecule has 0 amide bonds. The van der Waals surface area contributed by atoms with Crippen LogP contribution in [-0.2, 0) is 95.2 Å². The average Bonchev–Trinajstić information content (AvgIpc) is 3.88. The largest absolute Gasteiger partial charge is 0.463 e. The van der Waals surface area contributed by atoms with Crippen molar-refractivity contribution in [3.8, 4) is 0 Å². The van der Waals surface area contributed by atoms with E-state index in [2.05, 4.69) is 34.6 Å². The minimum atomic E-state index is -1.78. The molecule has 2 saturated heterocycles. The fourth-order valence-corrected chi connectivity index (χ4v) is 15.6. The highest BCUT2D eigenvalue weighted by molar-refractivity contribution is 5.70. The van der Waals surface area contributed by atoms with E-state index >= 15 is 0 Å². The molecule has 4 aliphatic carbocycles. The van der Waals surface area contributed by atoms with Crippen molar-refractivity contribution < 1.29 is 105 Å². The number of hydrogen-bond donors (Lipinski definition) is 2. The van der Waals surface area contributed by atoms with E-state index in [1.807, 2.05) is 19.9 Å². The van der Waals surface area contributed by atoms with E-state index in [1.54, 1.807) is 6.92 Å². The Morgan fingerprint density at radius 1 is 0.550 bits per heavy atom. The van der Waals surface area contributed by atoms with Crippen LogP contribution in [0.1, 0.15) is 169 Å². The van der Waals surface area contributed by atoms with Crippen molar-refractivity contribution in [1.82, 2.24) is 0 Å². The third-order valence-electron chi connectivity index (χ3n) is 19.0. The predicted octanol–water partition coefficient (Wildman–Crippen LogP) is 5.83. The molecule has 22 heteroatoms. The number of hydrogen-bond acceptors (Lipinski definition) is 22. The van der Waals surface area contributed by atoms with Crippen molar-refractivity contribution in [3.63, 3.8) is 0 Å². The van der Waals surface area contributed by atoms with Gasteiger partial charge in [0.05, 0.1) is 23.4 Å². The predicted molar refractivity (Wildman–Crippen MR) is 279 cm³/mol. The maximum atomic E-state index is 13.9. The molecular weight excluding hydrogens is 1050 g/mol. The zero-order valence-corrected chi connectivity index (χ0v) is 49.6. The summed E-state index contributed by atoms with van der Waals surface area (Å²) in [7, 11) is 0. The third kappa shape index (κ3) is 12.9. The maximum absolute atomic E-state index is 13.9. The quantitative estimate of drug-likeness (QED) is 0.0706. The molecule has 6 fully saturated rings. The molecule has 0 aromatic carbocycles. The van der Waals surface area contributed by atoms with Gasteiger partial charge in [-0.25, -0.2) is 0 Å². The molecule has 0 unspecified atom stereocenters. The summed E-state index contributed by atoms with van der Waals surface area (Å²) in [6.07, 6.45) is -9.66. The molecule has 0 radical (unpaired) electrons. The average molecular weight is 1140 g/mol. The standard InChI is InChI=1S/C58H88O22/c1-29(2)18-17-21-57(16,80-52-49(76-37(10)66)47(74-35(8)64)45(72-33(6)62)40(78-52)28-70-31(4)60)58(68)25-24-56(15)50(58)38(67)26-42-54(13)22-20-43(53(11,12)41(54)19-23-55(42,56)14)79-51-48(75-36(9)65)46(73-34(7)63)44(71-32(5)61)39(77-51)27-69-30(3)59/h18,38-52,67-68H,17,19-28H2,1-16H3/t38-,39-,40-,41+,42-,43-,44-,45-,46+,47+,48-,49-,50+,51+,52+,54+,55-,56-,57+,58-/m1/s1. The molecule has 0 bridgehead atoms. The Hall–Kier alpha value is -4.74. The number of rotatable bonds is 18. The topological polar surface area (TPSA) is 288 Å². The lowest BCUT2D eigenvalue weighted by molar-refractivity contribution is -0.357. The molecule has 6 rings (SSSR count). The molecule has 0 spiro atoms. The Balaban J connectivity index is 1.35. The number of carbonyl (C=O) groups excluding carboxylic acids is 8. The van der Waals surface area contributed by atoms with E-state index in [0.29, 0.717) is 44.9 Å². The van der Waals surface area contributed by atoms with Crippen LogP contribution < -0.4 is 0 Å². The number of fused-ring (bicyclic) bond motifs is 5. The molecule has 2 aliphatic heterocycles. The van der Waals surface area contributed by atoms with Crippen LogP contribution >= 0.6 is 0 Å². The number of aliphatic hydroxyl groups is 2. The van der Waals surface area contributed by atoms with Crippen LogP contribution in [0.25, 0.3) is 0 Å². The highest BCUT2D eigenvalue weighted by atomic mass is 16.8. The van der Waals surface area contributed by atoms with Gasteiger partial charge in [-0.2, -0.15) is 0 Å². The van der Waals surface area contributed by atoms with Crippen molar-refractivity contribution in [1.29, 1.82) is 0 Å². The lowest BCUT2D eigenvalue weighted by Crippen LogP contribution is -2.71. The fraction of sp³-hybridized carbons (Fsp3) is 0.828. The van der Waals surface area contributed by atoms with Gasteiger partial charge < -0.3 is 67.1 Å². The smallest absolute Gasteiger partial charge is 0.303 e. The molecule has 2 N–H and O–H groups in total. The van der Waals surface area contributed by atoms with E-state index in [0.717, 1.165) is 40.2 Å². The molecule has 4 saturated carbocycles. The highest BCUT2D eigenvalue weighted by Crippen LogP contribution is 2.77. The molecular formula is C58H88O22. The first-order valence-corrected chi connectivity index (χ1v) is 28.0. The van der Waals surface area contributed by atoms with E-state index in [-0.39, 0.29) is 24.7 Å². The Morgan fingerprint density at radius 3 is 1.46 bits per heavy atom. The number of allylic oxidation sites excluding steroid dienone is 2. The Morgan fingerprint density at radius 2 is 1.00 bits per heavy atom. The zero-order valence-electron chi connectivity index (χ0n) is 49.6. The van der Waals surface area contributed by atoms with E-state index in [1.165, 1.54) is 20.8 Å². The van der Waals surface area contributed by atoms with Gasteiger partial charge in [0.15, 0.2) is 49.2 Å². The molecule has 0 aromatic rings. The van der Waals surface area contributed by atoms with Gasteiger partial charge in [0.2, 0.25) is 0 Å². The van der Waals surface area contributed by atoms with Crippen molar-refractivity contribution >= 4 is 47.8 Å². The first-order valence-electron chi connectivity index (χ1n) is 28.0. The second-order valence-electron chi connectivity index (χ2n) is 25.0. The molecule has 20 atom stereocenters. The molecule has 80 heavy (non-hydrogen) atoms. The Labute approximate surface area is 469 Å². The molecule has 452 valence electrons. The monoisotopic (exact) mass is 1140 g/mol. The van der Waals surface area contributed by atoms with Gasteiger partial charge in [-0.1, -0.05) is 46.3 Å². The summed E-state index contributed by atoms with van der Waals surface area (Å²) in [5.74, 6) is -6.87. The summed E-state index contributed by atoms with van der Waals surface area (Å²) in [5.41, 5.74) is -4.60. The van der Waals surface area contributed by atoms with Crippen LogP contribution in [0, 0.1) is 39.4 Å². The van der Waals surface area contributed by atoms with Gasteiger partial charge in [0, 0.05) is 61.3 Å². The van der Waals surface area contributed by atoms with Crippen LogP contribution in [0.4, 0.5) is 0 Å². The summed E-state index contributed by atoms with van der Waals surface area (Å²) in [5, 5.41) is 26.9. The second kappa shape index (κ2) is 24.6. The van der Waals surface area contributed by atoms with Gasteiger partial charge in [-0.15, -0.1) is 0 Å². The van der Waals surface area contributed by atoms with E-state index in [9.17, 15) is 48.6 Å². The fourth-order valence-electron chi connectivity index (χ4n) is 15.6. The van der Waals surface area contributed by atoms with Gasteiger partial charge in [0.25, 0.3) is 0 Å². The minimum Gasteiger partial charge on any atom is -0.463 e. The van der Waals surface area contributed by atoms with Crippen molar-refractivity contribution in [2.75, 3.05) is 13.2 Å². The normalized spacial score (nSPS) is 39.6. The molecule has 22 nitrogen and oxygen atoms in total. The first-order chi connectivity index (χ1) is 37.0. The lowest BCUT2D eigenvalue weighted by Gasteiger charge is -2.71. The van der Waals surface area contributed by atoms with Crippen LogP contribution in [0.3, 0.4) is 0 Å². The second-order valence-corrected chi connectivity index (χ2v) is 25.0. The number of aliphatic hydroxyl groups excluding tert-OH is 1. The molecule has 2 heterocycles. The maximum Gasteiger partial charge on any atom is 0.303 e. The first kappa shape index (κ1) is 64.4. The van der Waals surface area contributed by atoms with Gasteiger partial charge >= 0.3 is 47.8 Å². The van der Waals surface area contributed by atoms with Gasteiger partial charge in [-0.05, 0) is 112 Å². The third-order valence-corrected chi connectivity index (χ3v) is 19.0. The SMILES string of the molecule is CC(=O)OC[C@H]1O[C@@H](O[C@@H]2CC[C@]3(C)[C@H]4C[C@@H](O)[C@@H]5[C@@](O)([C@](C)(CCC=C(C)C)O[C@@H]6O[C@H](COC(C)=O)[C@@H](OC(C)=O)[C@H](OC(C)=O)[C@H]6OC(C)=O)CC[C@@]5(C)[C@]4(C)CC[C@H]3C2(C)C)[C@H](OC(C)=O)[C@@H](OC(C)=O)[C@@H]1OC(C)=O. The Bertz CT molecular complexity index is 2360. The highest BCUT2D eigenvalue weighted by Gasteiger charge is 2.76. The van der Waals surface area contributed by atoms with Crippen LogP contribution in [-0.4, -0.2) is 156 Å². The number of ether oxygens (including phenoxy) is 12. The van der Waals surface area contributed by atoms with Crippen LogP contribution in [0.5, 0.6) is 0 Å². The zero-order chi connectivity index (χ0) is 59.8. The summed E-state index contributed by atoms with van der Waals surface area (Å²) < 4.78 is 71.9. The Kier molecular flexibility index (Phi) is 19.8. The number of esters is 8. The summed E-state index contributed by atoms with van der Waals surface area (Å²) in [6, 6.07) is 0. The minimum absolute atomic E-state index is 0.0228. The summed E-state index contributed by atoms with van der Waals surface area (Å²) in [4.78, 5) is 100.